The summed E-state index contributed by atoms with van der Waals surface area (Å²) in [6.45, 7) is 7.04. The number of nitrogens with one attached hydrogen (secondary N) is 2. The number of aliphatic hydroxyl groups excluding tert-OH is 1. The van der Waals surface area contributed by atoms with E-state index >= 15 is 0 Å². The van der Waals surface area contributed by atoms with Gasteiger partial charge < -0.3 is 34.7 Å². The van der Waals surface area contributed by atoms with Crippen LogP contribution in [0.15, 0.2) is 68.8 Å². The van der Waals surface area contributed by atoms with Gasteiger partial charge in [0.05, 0.1) is 35.3 Å². The van der Waals surface area contributed by atoms with Crippen molar-refractivity contribution < 1.29 is 37.4 Å². The van der Waals surface area contributed by atoms with Gasteiger partial charge in [-0.15, -0.1) is 11.3 Å². The van der Waals surface area contributed by atoms with Crippen molar-refractivity contribution in [2.75, 3.05) is 32.6 Å². The summed E-state index contributed by atoms with van der Waals surface area (Å²) in [7, 11) is -1.12. The molecule has 1 aliphatic heterocycles. The first-order valence-corrected chi connectivity index (χ1v) is 22.7. The number of amides is 3. The quantitative estimate of drug-likeness (QED) is 0.107. The van der Waals surface area contributed by atoms with Gasteiger partial charge in [0.2, 0.25) is 32.7 Å². The zero-order valence-electron chi connectivity index (χ0n) is 36.0. The molecule has 3 amide bonds. The van der Waals surface area contributed by atoms with Crippen LogP contribution >= 0.6 is 11.3 Å². The molecule has 5 aromatic rings. The summed E-state index contributed by atoms with van der Waals surface area (Å²) in [6.07, 6.45) is 0.116. The molecule has 20 heteroatoms. The molecule has 63 heavy (non-hydrogen) atoms. The van der Waals surface area contributed by atoms with E-state index in [1.807, 2.05) is 31.2 Å². The van der Waals surface area contributed by atoms with Crippen molar-refractivity contribution in [1.82, 2.24) is 39.2 Å². The molecule has 334 valence electrons. The molecule has 4 heterocycles. The number of thiazole rings is 1. The molecular formula is C43H50N8O10S2. The van der Waals surface area contributed by atoms with Crippen LogP contribution in [-0.2, 0) is 56.1 Å². The van der Waals surface area contributed by atoms with Crippen molar-refractivity contribution in [2.24, 2.45) is 19.5 Å². The van der Waals surface area contributed by atoms with Gasteiger partial charge in [0, 0.05) is 45.4 Å². The third-order valence-corrected chi connectivity index (χ3v) is 12.4. The van der Waals surface area contributed by atoms with Crippen molar-refractivity contribution in [2.45, 2.75) is 70.5 Å². The highest BCUT2D eigenvalue weighted by atomic mass is 32.2. The Morgan fingerprint density at radius 2 is 1.79 bits per heavy atom. The zero-order valence-corrected chi connectivity index (χ0v) is 37.6. The van der Waals surface area contributed by atoms with E-state index < -0.39 is 62.4 Å². The zero-order chi connectivity index (χ0) is 45.8. The lowest BCUT2D eigenvalue weighted by Crippen LogP contribution is -2.58. The van der Waals surface area contributed by atoms with Crippen LogP contribution in [0.2, 0.25) is 0 Å². The maximum atomic E-state index is 14.0. The Labute approximate surface area is 367 Å². The predicted octanol–water partition coefficient (Wildman–Crippen LogP) is 1.53. The van der Waals surface area contributed by atoms with Crippen LogP contribution in [0.25, 0.3) is 21.6 Å². The first-order chi connectivity index (χ1) is 29.7. The average Bonchev–Trinajstić information content (AvgIpc) is 3.95. The van der Waals surface area contributed by atoms with Gasteiger partial charge in [-0.1, -0.05) is 62.9 Å². The number of rotatable bonds is 14. The molecule has 0 radical (unpaired) electrons. The summed E-state index contributed by atoms with van der Waals surface area (Å²) in [5.74, 6) is 4.81. The van der Waals surface area contributed by atoms with Crippen LogP contribution in [-0.4, -0.2) is 111 Å². The van der Waals surface area contributed by atoms with Gasteiger partial charge in [-0.25, -0.2) is 18.2 Å². The third kappa shape index (κ3) is 10.7. The summed E-state index contributed by atoms with van der Waals surface area (Å²) in [5.41, 5.74) is 2.89. The molecule has 3 aromatic heterocycles. The number of hydrogen-bond donors (Lipinski definition) is 3. The lowest BCUT2D eigenvalue weighted by atomic mass is 9.85. The fraction of sp³-hybridized carbons (Fsp3) is 0.419. The number of imidazole rings is 1. The van der Waals surface area contributed by atoms with Crippen LogP contribution in [0.5, 0.6) is 5.75 Å². The molecule has 18 nitrogen and oxygen atoms in total. The fourth-order valence-electron chi connectivity index (χ4n) is 7.13. The van der Waals surface area contributed by atoms with Crippen LogP contribution in [0.4, 0.5) is 0 Å². The smallest absolute Gasteiger partial charge is 0.333 e. The molecule has 0 spiro atoms. The van der Waals surface area contributed by atoms with Crippen LogP contribution in [0.1, 0.15) is 44.0 Å². The Morgan fingerprint density at radius 3 is 2.46 bits per heavy atom. The second kappa shape index (κ2) is 19.1. The molecule has 3 N–H and O–H groups in total. The molecule has 1 aliphatic rings. The minimum Gasteiger partial charge on any atom is -0.491 e. The predicted molar refractivity (Wildman–Crippen MR) is 235 cm³/mol. The SMILES string of the molecule is Cc1ncsc1-c1ccc(CNC(=O)[C@@H]2C[C@@H](O)CN2C(=O)[C@@H](NC(=O)COCCOc2cccc(C#CCn3c(=O)n(C)c(=O)c4c3nc(S(C)(=O)=O)n4C)c2)C(C)(C)C)cc1. The van der Waals surface area contributed by atoms with E-state index in [1.54, 1.807) is 61.9 Å². The van der Waals surface area contributed by atoms with E-state index in [-0.39, 0.29) is 62.2 Å². The maximum Gasteiger partial charge on any atom is 0.333 e. The number of carbonyl (C=O) groups is 3. The second-order valence-corrected chi connectivity index (χ2v) is 19.1. The number of benzene rings is 2. The molecule has 3 atom stereocenters. The number of hydrogen-bond acceptors (Lipinski definition) is 13. The number of likely N-dealkylation sites (tertiary alicyclic amines) is 1. The summed E-state index contributed by atoms with van der Waals surface area (Å²) in [6, 6.07) is 12.6. The van der Waals surface area contributed by atoms with Crippen LogP contribution in [0, 0.1) is 24.2 Å². The highest BCUT2D eigenvalue weighted by molar-refractivity contribution is 7.90. The van der Waals surface area contributed by atoms with E-state index in [4.69, 9.17) is 9.47 Å². The Bertz CT molecular complexity index is 2830. The number of nitrogens with zero attached hydrogens (tertiary/aromatic N) is 6. The van der Waals surface area contributed by atoms with Crippen molar-refractivity contribution in [1.29, 1.82) is 0 Å². The lowest BCUT2D eigenvalue weighted by Gasteiger charge is -2.35. The van der Waals surface area contributed by atoms with E-state index in [2.05, 4.69) is 32.4 Å². The Kier molecular flexibility index (Phi) is 14.0. The molecule has 1 saturated heterocycles. The lowest BCUT2D eigenvalue weighted by molar-refractivity contribution is -0.144. The molecule has 1 fully saturated rings. The Hall–Kier alpha value is -6.14. The summed E-state index contributed by atoms with van der Waals surface area (Å²) in [5, 5.41) is 15.9. The highest BCUT2D eigenvalue weighted by Gasteiger charge is 2.44. The number of aromatic nitrogens is 5. The molecule has 0 bridgehead atoms. The monoisotopic (exact) mass is 902 g/mol. The Morgan fingerprint density at radius 1 is 1.06 bits per heavy atom. The second-order valence-electron chi connectivity index (χ2n) is 16.3. The third-order valence-electron chi connectivity index (χ3n) is 10.4. The summed E-state index contributed by atoms with van der Waals surface area (Å²) in [4.78, 5) is 77.0. The van der Waals surface area contributed by atoms with E-state index in [1.165, 1.54) is 19.0 Å². The molecule has 0 unspecified atom stereocenters. The minimum atomic E-state index is -3.80. The molecule has 0 saturated carbocycles. The highest BCUT2D eigenvalue weighted by Crippen LogP contribution is 2.28. The van der Waals surface area contributed by atoms with Gasteiger partial charge in [0.15, 0.2) is 11.2 Å². The van der Waals surface area contributed by atoms with Gasteiger partial charge in [0.25, 0.3) is 5.56 Å². The number of β-amino-alcohol motifs (C(OH)–C–C–N with tert-alkyl or cyclic N) is 1. The summed E-state index contributed by atoms with van der Waals surface area (Å²) >= 11 is 1.56. The van der Waals surface area contributed by atoms with Crippen molar-refractivity contribution in [3.63, 3.8) is 0 Å². The number of sulfone groups is 1. The number of fused-ring (bicyclic) bond motifs is 1. The fourth-order valence-corrected chi connectivity index (χ4v) is 8.79. The number of ether oxygens (including phenoxy) is 2. The molecule has 0 aliphatic carbocycles. The van der Waals surface area contributed by atoms with Gasteiger partial charge in [-0.2, -0.15) is 4.98 Å². The number of aryl methyl sites for hydroxylation is 2. The van der Waals surface area contributed by atoms with Gasteiger partial charge in [-0.3, -0.25) is 28.3 Å². The molecular weight excluding hydrogens is 853 g/mol. The Balaban J connectivity index is 0.995. The largest absolute Gasteiger partial charge is 0.491 e. The molecule has 2 aromatic carbocycles. The first kappa shape index (κ1) is 46.4. The van der Waals surface area contributed by atoms with Gasteiger partial charge >= 0.3 is 5.69 Å². The summed E-state index contributed by atoms with van der Waals surface area (Å²) < 4.78 is 39.0. The number of carbonyl (C=O) groups excluding carboxylic acids is 3. The van der Waals surface area contributed by atoms with Crippen LogP contribution in [0.3, 0.4) is 0 Å². The van der Waals surface area contributed by atoms with Crippen molar-refractivity contribution in [3.05, 3.63) is 91.7 Å². The normalized spacial score (nSPS) is 15.8. The van der Waals surface area contributed by atoms with Crippen LogP contribution < -0.4 is 26.6 Å². The van der Waals surface area contributed by atoms with E-state index in [9.17, 15) is 37.5 Å². The van der Waals surface area contributed by atoms with Gasteiger partial charge in [0.1, 0.15) is 31.0 Å². The average molecular weight is 903 g/mol. The standard InChI is InChI=1S/C43H50N8O10S2/c1-26-35(62-25-45-26)29-15-13-28(14-16-29)22-44-38(54)32-21-30(52)23-51(32)40(56)36(43(2,3)4)46-33(53)24-60-18-19-61-31-12-8-10-27(20-31)11-9-17-50-37-34(39(55)49(6)42(50)57)48(5)41(47-37)63(7,58)59/h8,10,12-16,20,25,30,32,36,52H,17-19,21-24H2,1-7H3,(H,44,54)(H,46,53)/t30-,32+,36-/m1/s1. The van der Waals surface area contributed by atoms with Gasteiger partial charge in [-0.05, 0) is 41.7 Å². The first-order valence-electron chi connectivity index (χ1n) is 20.0. The molecule has 6 rings (SSSR count). The van der Waals surface area contributed by atoms with E-state index in [0.717, 1.165) is 41.7 Å². The topological polar surface area (TPSA) is 226 Å². The van der Waals surface area contributed by atoms with Crippen molar-refractivity contribution in [3.8, 4) is 28.0 Å². The van der Waals surface area contributed by atoms with E-state index in [0.29, 0.717) is 11.3 Å². The number of aliphatic hydroxyl groups is 1. The van der Waals surface area contributed by atoms with Crippen molar-refractivity contribution >= 4 is 50.1 Å². The minimum absolute atomic E-state index is 0.0246. The maximum absolute atomic E-state index is 14.0.